The van der Waals surface area contributed by atoms with E-state index in [-0.39, 0.29) is 36.1 Å². The largest absolute Gasteiger partial charge is 0.377 e. The molecule has 1 amide bonds. The Labute approximate surface area is 163 Å². The van der Waals surface area contributed by atoms with Gasteiger partial charge in [-0.05, 0) is 37.5 Å². The summed E-state index contributed by atoms with van der Waals surface area (Å²) >= 11 is 12.0. The van der Waals surface area contributed by atoms with E-state index in [4.69, 9.17) is 27.9 Å². The fourth-order valence-electron chi connectivity index (χ4n) is 3.42. The highest BCUT2D eigenvalue weighted by Gasteiger charge is 2.34. The van der Waals surface area contributed by atoms with Crippen molar-refractivity contribution < 1.29 is 17.9 Å². The molecule has 2 aliphatic heterocycles. The number of nitrogens with zero attached hydrogens (tertiary/aromatic N) is 1. The molecule has 2 aliphatic rings. The second-order valence-electron chi connectivity index (χ2n) is 6.79. The third kappa shape index (κ3) is 5.33. The van der Waals surface area contributed by atoms with Crippen molar-refractivity contribution in [3.05, 3.63) is 28.2 Å². The first-order chi connectivity index (χ1) is 12.3. The predicted molar refractivity (Wildman–Crippen MR) is 103 cm³/mol. The van der Waals surface area contributed by atoms with Crippen molar-refractivity contribution in [1.29, 1.82) is 0 Å². The van der Waals surface area contributed by atoms with Crippen molar-refractivity contribution in [1.82, 2.24) is 4.90 Å². The van der Waals surface area contributed by atoms with Crippen LogP contribution in [-0.4, -0.2) is 62.6 Å². The molecule has 26 heavy (non-hydrogen) atoms. The van der Waals surface area contributed by atoms with Crippen LogP contribution in [0.4, 0.5) is 5.69 Å². The van der Waals surface area contributed by atoms with Gasteiger partial charge in [-0.25, -0.2) is 8.42 Å². The van der Waals surface area contributed by atoms with Crippen LogP contribution in [0.15, 0.2) is 18.2 Å². The highest BCUT2D eigenvalue weighted by Crippen LogP contribution is 2.26. The van der Waals surface area contributed by atoms with E-state index in [2.05, 4.69) is 5.32 Å². The molecule has 2 heterocycles. The first-order valence-corrected chi connectivity index (χ1v) is 11.2. The lowest BCUT2D eigenvalue weighted by Gasteiger charge is -2.29. The lowest BCUT2D eigenvalue weighted by molar-refractivity contribution is -0.118. The van der Waals surface area contributed by atoms with E-state index in [0.29, 0.717) is 35.3 Å². The minimum Gasteiger partial charge on any atom is -0.377 e. The zero-order valence-corrected chi connectivity index (χ0v) is 16.6. The Morgan fingerprint density at radius 3 is 2.77 bits per heavy atom. The number of carbonyl (C=O) groups excluding carboxylic acids is 1. The summed E-state index contributed by atoms with van der Waals surface area (Å²) in [4.78, 5) is 14.5. The van der Waals surface area contributed by atoms with Gasteiger partial charge < -0.3 is 10.1 Å². The molecule has 2 unspecified atom stereocenters. The zero-order chi connectivity index (χ0) is 18.7. The topological polar surface area (TPSA) is 75.7 Å². The molecule has 0 radical (unpaired) electrons. The Hall–Kier alpha value is -0.860. The molecule has 3 rings (SSSR count). The molecule has 0 spiro atoms. The van der Waals surface area contributed by atoms with Crippen LogP contribution < -0.4 is 5.32 Å². The number of hydrogen-bond acceptors (Lipinski definition) is 5. The first kappa shape index (κ1) is 19.9. The van der Waals surface area contributed by atoms with Gasteiger partial charge in [-0.1, -0.05) is 23.2 Å². The summed E-state index contributed by atoms with van der Waals surface area (Å²) in [7, 11) is -3.03. The van der Waals surface area contributed by atoms with Crippen LogP contribution in [0.3, 0.4) is 0 Å². The van der Waals surface area contributed by atoms with Crippen LogP contribution >= 0.6 is 23.2 Å². The second-order valence-corrected chi connectivity index (χ2v) is 9.87. The van der Waals surface area contributed by atoms with Gasteiger partial charge in [0.05, 0.1) is 34.9 Å². The van der Waals surface area contributed by atoms with E-state index < -0.39 is 9.84 Å². The van der Waals surface area contributed by atoms with E-state index in [1.807, 2.05) is 4.90 Å². The molecule has 6 nitrogen and oxygen atoms in total. The van der Waals surface area contributed by atoms with Crippen molar-refractivity contribution in [2.75, 3.05) is 36.5 Å². The molecule has 0 aromatic heterocycles. The fourth-order valence-corrected chi connectivity index (χ4v) is 5.52. The van der Waals surface area contributed by atoms with Crippen LogP contribution in [0.1, 0.15) is 19.3 Å². The van der Waals surface area contributed by atoms with Crippen molar-refractivity contribution in [2.45, 2.75) is 31.4 Å². The highest BCUT2D eigenvalue weighted by atomic mass is 35.5. The van der Waals surface area contributed by atoms with Crippen molar-refractivity contribution >= 4 is 44.6 Å². The number of ether oxygens (including phenoxy) is 1. The number of halogens is 2. The van der Waals surface area contributed by atoms with Gasteiger partial charge in [0.1, 0.15) is 0 Å². The van der Waals surface area contributed by atoms with Crippen LogP contribution in [0.2, 0.25) is 10.0 Å². The Morgan fingerprint density at radius 2 is 2.12 bits per heavy atom. The number of nitrogens with one attached hydrogen (secondary N) is 1. The lowest BCUT2D eigenvalue weighted by atomic mass is 10.1. The van der Waals surface area contributed by atoms with Crippen molar-refractivity contribution in [3.8, 4) is 0 Å². The standard InChI is InChI=1S/C17H22Cl2N2O4S/c18-12-3-4-15(19)16(8-12)20-17(22)10-21(9-14-2-1-6-25-14)13-5-7-26(23,24)11-13/h3-4,8,13-14H,1-2,5-7,9-11H2,(H,20,22). The summed E-state index contributed by atoms with van der Waals surface area (Å²) in [5, 5.41) is 3.64. The number of rotatable bonds is 6. The Kier molecular flexibility index (Phi) is 6.45. The molecule has 0 aliphatic carbocycles. The average molecular weight is 421 g/mol. The SMILES string of the molecule is O=C(CN(CC1CCCO1)C1CCS(=O)(=O)C1)Nc1cc(Cl)ccc1Cl. The van der Waals surface area contributed by atoms with Gasteiger partial charge in [-0.2, -0.15) is 0 Å². The van der Waals surface area contributed by atoms with Crippen LogP contribution in [0.5, 0.6) is 0 Å². The predicted octanol–water partition coefficient (Wildman–Crippen LogP) is 2.60. The van der Waals surface area contributed by atoms with Gasteiger partial charge in [0, 0.05) is 24.2 Å². The average Bonchev–Trinajstić information content (AvgIpc) is 3.19. The smallest absolute Gasteiger partial charge is 0.238 e. The van der Waals surface area contributed by atoms with Gasteiger partial charge >= 0.3 is 0 Å². The lowest BCUT2D eigenvalue weighted by Crippen LogP contribution is -2.45. The van der Waals surface area contributed by atoms with E-state index in [1.54, 1.807) is 18.2 Å². The fraction of sp³-hybridized carbons (Fsp3) is 0.588. The highest BCUT2D eigenvalue weighted by molar-refractivity contribution is 7.91. The minimum atomic E-state index is -3.03. The molecule has 2 saturated heterocycles. The summed E-state index contributed by atoms with van der Waals surface area (Å²) in [5.74, 6) is 0.00303. The molecule has 0 saturated carbocycles. The third-order valence-corrected chi connectivity index (χ3v) is 7.05. The summed E-state index contributed by atoms with van der Waals surface area (Å²) in [6.07, 6.45) is 2.50. The van der Waals surface area contributed by atoms with E-state index >= 15 is 0 Å². The maximum atomic E-state index is 12.5. The van der Waals surface area contributed by atoms with Crippen LogP contribution in [0, 0.1) is 0 Å². The molecule has 9 heteroatoms. The maximum absolute atomic E-state index is 12.5. The molecule has 1 N–H and O–H groups in total. The van der Waals surface area contributed by atoms with E-state index in [1.165, 1.54) is 0 Å². The second kappa shape index (κ2) is 8.44. The number of anilines is 1. The number of hydrogen-bond donors (Lipinski definition) is 1. The monoisotopic (exact) mass is 420 g/mol. The normalized spacial score (nSPS) is 24.9. The number of amides is 1. The third-order valence-electron chi connectivity index (χ3n) is 4.74. The zero-order valence-electron chi connectivity index (χ0n) is 14.3. The maximum Gasteiger partial charge on any atom is 0.238 e. The Balaban J connectivity index is 1.67. The van der Waals surface area contributed by atoms with Gasteiger partial charge in [0.25, 0.3) is 0 Å². The van der Waals surface area contributed by atoms with Crippen molar-refractivity contribution in [3.63, 3.8) is 0 Å². The number of benzene rings is 1. The van der Waals surface area contributed by atoms with Gasteiger partial charge in [-0.3, -0.25) is 9.69 Å². The Morgan fingerprint density at radius 1 is 1.31 bits per heavy atom. The molecule has 2 fully saturated rings. The molecular weight excluding hydrogens is 399 g/mol. The van der Waals surface area contributed by atoms with Crippen molar-refractivity contribution in [2.24, 2.45) is 0 Å². The van der Waals surface area contributed by atoms with E-state index in [0.717, 1.165) is 12.8 Å². The molecule has 2 atom stereocenters. The quantitative estimate of drug-likeness (QED) is 0.764. The van der Waals surface area contributed by atoms with Gasteiger partial charge in [0.15, 0.2) is 9.84 Å². The van der Waals surface area contributed by atoms with Gasteiger partial charge in [-0.15, -0.1) is 0 Å². The Bertz CT molecular complexity index is 766. The minimum absolute atomic E-state index is 0.0425. The molecular formula is C17H22Cl2N2O4S. The molecule has 0 bridgehead atoms. The van der Waals surface area contributed by atoms with E-state index in [9.17, 15) is 13.2 Å². The molecule has 144 valence electrons. The number of sulfone groups is 1. The summed E-state index contributed by atoms with van der Waals surface area (Å²) in [5.41, 5.74) is 0.445. The summed E-state index contributed by atoms with van der Waals surface area (Å²) in [6, 6.07) is 4.69. The number of carbonyl (C=O) groups is 1. The summed E-state index contributed by atoms with van der Waals surface area (Å²) in [6.45, 7) is 1.35. The van der Waals surface area contributed by atoms with Crippen LogP contribution in [-0.2, 0) is 19.4 Å². The van der Waals surface area contributed by atoms with Crippen LogP contribution in [0.25, 0.3) is 0 Å². The summed E-state index contributed by atoms with van der Waals surface area (Å²) < 4.78 is 29.4. The molecule has 1 aromatic rings. The molecule has 1 aromatic carbocycles. The first-order valence-electron chi connectivity index (χ1n) is 8.63. The van der Waals surface area contributed by atoms with Gasteiger partial charge in [0.2, 0.25) is 5.91 Å².